The third kappa shape index (κ3) is 3.19. The Balaban J connectivity index is 1.19. The highest BCUT2D eigenvalue weighted by Crippen LogP contribution is 2.60. The number of anilines is 1. The smallest absolute Gasteiger partial charge is 0.258 e. The van der Waals surface area contributed by atoms with Gasteiger partial charge in [0.15, 0.2) is 0 Å². The van der Waals surface area contributed by atoms with Gasteiger partial charge in [-0.2, -0.15) is 10.1 Å². The van der Waals surface area contributed by atoms with Crippen LogP contribution in [0.1, 0.15) is 54.4 Å². The molecule has 4 bridgehead atoms. The van der Waals surface area contributed by atoms with Crippen molar-refractivity contribution in [3.63, 3.8) is 0 Å². The highest BCUT2D eigenvalue weighted by Gasteiger charge is 2.54. The summed E-state index contributed by atoms with van der Waals surface area (Å²) in [7, 11) is 0. The lowest BCUT2D eigenvalue weighted by atomic mass is 9.49. The lowest BCUT2D eigenvalue weighted by Gasteiger charge is -2.55. The SMILES string of the molecule is O=C(Nc1ncn[nH]1)c1ccc(CNC(=O)C23CC4CC(CC(C4)C2)C3)cc1. The molecule has 0 unspecified atom stereocenters. The molecule has 1 aromatic heterocycles. The average molecular weight is 379 g/mol. The number of H-pyrrole nitrogens is 1. The molecule has 28 heavy (non-hydrogen) atoms. The largest absolute Gasteiger partial charge is 0.352 e. The van der Waals surface area contributed by atoms with Crippen LogP contribution in [0.4, 0.5) is 5.95 Å². The highest BCUT2D eigenvalue weighted by atomic mass is 16.2. The summed E-state index contributed by atoms with van der Waals surface area (Å²) >= 11 is 0. The van der Waals surface area contributed by atoms with Gasteiger partial charge in [-0.25, -0.2) is 5.10 Å². The monoisotopic (exact) mass is 379 g/mol. The number of benzene rings is 1. The summed E-state index contributed by atoms with van der Waals surface area (Å²) in [6.45, 7) is 0.505. The fraction of sp³-hybridized carbons (Fsp3) is 0.524. The quantitative estimate of drug-likeness (QED) is 0.744. The zero-order valence-electron chi connectivity index (χ0n) is 15.8. The molecule has 6 rings (SSSR count). The third-order valence-corrected chi connectivity index (χ3v) is 6.84. The van der Waals surface area contributed by atoms with Crippen molar-refractivity contribution in [2.75, 3.05) is 5.32 Å². The molecule has 2 amide bonds. The van der Waals surface area contributed by atoms with Gasteiger partial charge in [-0.3, -0.25) is 14.9 Å². The number of aromatic nitrogens is 3. The molecule has 1 heterocycles. The van der Waals surface area contributed by atoms with Crippen molar-refractivity contribution in [1.82, 2.24) is 20.5 Å². The molecule has 2 aromatic rings. The van der Waals surface area contributed by atoms with Crippen LogP contribution in [0.2, 0.25) is 0 Å². The number of aromatic amines is 1. The number of nitrogens with one attached hydrogen (secondary N) is 3. The van der Waals surface area contributed by atoms with Crippen LogP contribution in [0.15, 0.2) is 30.6 Å². The first-order valence-electron chi connectivity index (χ1n) is 10.1. The predicted octanol–water partition coefficient (Wildman–Crippen LogP) is 2.89. The van der Waals surface area contributed by atoms with E-state index in [1.165, 1.54) is 25.6 Å². The normalized spacial score (nSPS) is 30.2. The Bertz CT molecular complexity index is 839. The van der Waals surface area contributed by atoms with Crippen LogP contribution in [-0.2, 0) is 11.3 Å². The second-order valence-electron chi connectivity index (χ2n) is 8.87. The van der Waals surface area contributed by atoms with E-state index in [1.54, 1.807) is 12.1 Å². The fourth-order valence-corrected chi connectivity index (χ4v) is 5.98. The van der Waals surface area contributed by atoms with Crippen molar-refractivity contribution in [3.8, 4) is 0 Å². The van der Waals surface area contributed by atoms with Crippen molar-refractivity contribution in [1.29, 1.82) is 0 Å². The Labute approximate surface area is 163 Å². The van der Waals surface area contributed by atoms with Crippen molar-refractivity contribution in [2.24, 2.45) is 23.2 Å². The number of hydrogen-bond donors (Lipinski definition) is 3. The maximum Gasteiger partial charge on any atom is 0.258 e. The molecule has 0 saturated heterocycles. The molecule has 3 N–H and O–H groups in total. The molecule has 146 valence electrons. The number of amides is 2. The molecule has 7 nitrogen and oxygen atoms in total. The van der Waals surface area contributed by atoms with E-state index in [1.807, 2.05) is 12.1 Å². The number of carbonyl (C=O) groups excluding carboxylic acids is 2. The molecule has 7 heteroatoms. The van der Waals surface area contributed by atoms with E-state index < -0.39 is 0 Å². The lowest BCUT2D eigenvalue weighted by molar-refractivity contribution is -0.146. The standard InChI is InChI=1S/C21H25N5O2/c27-18(25-20-23-12-24-26-20)17-3-1-13(2-4-17)11-22-19(28)21-8-14-5-15(9-21)7-16(6-14)10-21/h1-4,12,14-16H,5-11H2,(H,22,28)(H2,23,24,25,26,27). The van der Waals surface area contributed by atoms with Crippen LogP contribution >= 0.6 is 0 Å². The topological polar surface area (TPSA) is 99.8 Å². The van der Waals surface area contributed by atoms with E-state index in [9.17, 15) is 9.59 Å². The first-order chi connectivity index (χ1) is 13.6. The molecule has 0 radical (unpaired) electrons. The molecule has 4 aliphatic carbocycles. The minimum absolute atomic E-state index is 0.119. The maximum atomic E-state index is 13.0. The van der Waals surface area contributed by atoms with Crippen molar-refractivity contribution >= 4 is 17.8 Å². The van der Waals surface area contributed by atoms with Crippen LogP contribution in [0.25, 0.3) is 0 Å². The van der Waals surface area contributed by atoms with E-state index in [2.05, 4.69) is 25.8 Å². The van der Waals surface area contributed by atoms with Crippen LogP contribution in [0.3, 0.4) is 0 Å². The number of nitrogens with zero attached hydrogens (tertiary/aromatic N) is 2. The van der Waals surface area contributed by atoms with Gasteiger partial charge in [0.25, 0.3) is 5.91 Å². The van der Waals surface area contributed by atoms with Crippen LogP contribution in [0.5, 0.6) is 0 Å². The summed E-state index contributed by atoms with van der Waals surface area (Å²) in [5.41, 5.74) is 1.41. The second-order valence-corrected chi connectivity index (χ2v) is 8.87. The highest BCUT2D eigenvalue weighted by molar-refractivity contribution is 6.03. The summed E-state index contributed by atoms with van der Waals surface area (Å²) in [4.78, 5) is 29.1. The van der Waals surface area contributed by atoms with Crippen LogP contribution in [-0.4, -0.2) is 27.0 Å². The summed E-state index contributed by atoms with van der Waals surface area (Å²) in [6.07, 6.45) is 8.58. The molecular formula is C21H25N5O2. The van der Waals surface area contributed by atoms with Gasteiger partial charge in [0.2, 0.25) is 11.9 Å². The maximum absolute atomic E-state index is 13.0. The molecule has 4 saturated carbocycles. The van der Waals surface area contributed by atoms with Gasteiger partial charge in [-0.1, -0.05) is 12.1 Å². The van der Waals surface area contributed by atoms with E-state index in [0.29, 0.717) is 18.1 Å². The van der Waals surface area contributed by atoms with Crippen molar-refractivity contribution < 1.29 is 9.59 Å². The Hall–Kier alpha value is -2.70. The Morgan fingerprint density at radius 3 is 2.25 bits per heavy atom. The van der Waals surface area contributed by atoms with Gasteiger partial charge < -0.3 is 5.32 Å². The van der Waals surface area contributed by atoms with Crippen LogP contribution in [0, 0.1) is 23.2 Å². The fourth-order valence-electron chi connectivity index (χ4n) is 5.98. The van der Waals surface area contributed by atoms with Gasteiger partial charge in [0.1, 0.15) is 6.33 Å². The van der Waals surface area contributed by atoms with Gasteiger partial charge in [0, 0.05) is 17.5 Å². The summed E-state index contributed by atoms with van der Waals surface area (Å²) in [5.74, 6) is 2.59. The summed E-state index contributed by atoms with van der Waals surface area (Å²) < 4.78 is 0. The minimum atomic E-state index is -0.249. The van der Waals surface area contributed by atoms with Gasteiger partial charge in [0.05, 0.1) is 0 Å². The summed E-state index contributed by atoms with van der Waals surface area (Å²) in [6, 6.07) is 7.29. The lowest BCUT2D eigenvalue weighted by Crippen LogP contribution is -2.53. The van der Waals surface area contributed by atoms with Gasteiger partial charge in [-0.05, 0) is 74.0 Å². The molecule has 1 aromatic carbocycles. The first kappa shape index (κ1) is 17.4. The molecule has 0 spiro atoms. The molecule has 0 aliphatic heterocycles. The molecule has 0 atom stereocenters. The van der Waals surface area contributed by atoms with E-state index >= 15 is 0 Å². The number of hydrogen-bond acceptors (Lipinski definition) is 4. The van der Waals surface area contributed by atoms with Crippen molar-refractivity contribution in [2.45, 2.75) is 45.1 Å². The predicted molar refractivity (Wildman–Crippen MR) is 103 cm³/mol. The van der Waals surface area contributed by atoms with E-state index in [0.717, 1.165) is 42.6 Å². The number of carbonyl (C=O) groups is 2. The Morgan fingerprint density at radius 1 is 1.04 bits per heavy atom. The summed E-state index contributed by atoms with van der Waals surface area (Å²) in [5, 5.41) is 12.1. The molecule has 4 aliphatic rings. The van der Waals surface area contributed by atoms with E-state index in [4.69, 9.17) is 0 Å². The van der Waals surface area contributed by atoms with Crippen molar-refractivity contribution in [3.05, 3.63) is 41.7 Å². The first-order valence-corrected chi connectivity index (χ1v) is 10.1. The zero-order chi connectivity index (χ0) is 19.1. The van der Waals surface area contributed by atoms with Gasteiger partial charge in [-0.15, -0.1) is 0 Å². The average Bonchev–Trinajstić information content (AvgIpc) is 3.18. The van der Waals surface area contributed by atoms with E-state index in [-0.39, 0.29) is 17.2 Å². The van der Waals surface area contributed by atoms with Gasteiger partial charge >= 0.3 is 0 Å². The molecule has 4 fully saturated rings. The Kier molecular flexibility index (Phi) is 4.18. The minimum Gasteiger partial charge on any atom is -0.352 e. The Morgan fingerprint density at radius 2 is 1.68 bits per heavy atom. The molecular weight excluding hydrogens is 354 g/mol. The second kappa shape index (κ2) is 6.72. The zero-order valence-corrected chi connectivity index (χ0v) is 15.8. The third-order valence-electron chi connectivity index (χ3n) is 6.84. The van der Waals surface area contributed by atoms with Crippen LogP contribution < -0.4 is 10.6 Å². The number of rotatable bonds is 5.